The van der Waals surface area contributed by atoms with Crippen molar-refractivity contribution in [1.29, 1.82) is 5.26 Å². The number of aliphatic hydroxyl groups is 1. The fourth-order valence-corrected chi connectivity index (χ4v) is 3.63. The number of hydrogen-bond donors (Lipinski definition) is 3. The van der Waals surface area contributed by atoms with Crippen molar-refractivity contribution in [3.63, 3.8) is 0 Å². The molecular weight excluding hydrogens is 439 g/mol. The van der Waals surface area contributed by atoms with Gasteiger partial charge in [0, 0.05) is 18.8 Å². The van der Waals surface area contributed by atoms with Gasteiger partial charge in [-0.3, -0.25) is 0 Å². The minimum absolute atomic E-state index is 0.0365. The number of aromatic nitrogens is 4. The minimum Gasteiger partial charge on any atom is -0.477 e. The van der Waals surface area contributed by atoms with E-state index in [1.807, 2.05) is 13.8 Å². The standard InChI is InChI=1S/C21H26F3N7O2/c1-20(2)7-15(3-4-16(20)32)30-17-13(8-25)10-27-19(31-17)28-11-14-9-26-12-29-18(14)33-6-5-21(22,23)24/h9-10,12,15-16,32H,3-7,11H2,1-2H3,(H2,27,28,30,31)/t15?,16-/m0/s1. The van der Waals surface area contributed by atoms with Crippen molar-refractivity contribution in [1.82, 2.24) is 19.9 Å². The van der Waals surface area contributed by atoms with Crippen LogP contribution in [-0.4, -0.2) is 50.0 Å². The molecule has 1 saturated carbocycles. The third-order valence-corrected chi connectivity index (χ3v) is 5.52. The first-order valence-electron chi connectivity index (χ1n) is 10.5. The monoisotopic (exact) mass is 465 g/mol. The zero-order valence-electron chi connectivity index (χ0n) is 18.4. The first-order valence-corrected chi connectivity index (χ1v) is 10.5. The Morgan fingerprint density at radius 3 is 2.76 bits per heavy atom. The maximum absolute atomic E-state index is 12.4. The van der Waals surface area contributed by atoms with Gasteiger partial charge in [0.05, 0.1) is 30.9 Å². The molecule has 12 heteroatoms. The van der Waals surface area contributed by atoms with Crippen LogP contribution in [-0.2, 0) is 6.54 Å². The normalized spacial score (nSPS) is 20.0. The number of rotatable bonds is 8. The van der Waals surface area contributed by atoms with E-state index in [1.54, 1.807) is 0 Å². The number of alkyl halides is 3. The highest BCUT2D eigenvalue weighted by Crippen LogP contribution is 2.37. The quantitative estimate of drug-likeness (QED) is 0.537. The van der Waals surface area contributed by atoms with E-state index in [0.717, 1.165) is 6.42 Å². The van der Waals surface area contributed by atoms with Gasteiger partial charge in [0.2, 0.25) is 11.8 Å². The summed E-state index contributed by atoms with van der Waals surface area (Å²) >= 11 is 0. The summed E-state index contributed by atoms with van der Waals surface area (Å²) in [5.74, 6) is 0.631. The minimum atomic E-state index is -4.32. The smallest absolute Gasteiger partial charge is 0.392 e. The fraction of sp³-hybridized carbons (Fsp3) is 0.571. The lowest BCUT2D eigenvalue weighted by Gasteiger charge is -2.40. The number of nitrogens with zero attached hydrogens (tertiary/aromatic N) is 5. The lowest BCUT2D eigenvalue weighted by molar-refractivity contribution is -0.139. The lowest BCUT2D eigenvalue weighted by atomic mass is 9.73. The largest absolute Gasteiger partial charge is 0.477 e. The Hall–Kier alpha value is -3.20. The van der Waals surface area contributed by atoms with Crippen molar-refractivity contribution in [2.75, 3.05) is 17.2 Å². The van der Waals surface area contributed by atoms with Crippen LogP contribution < -0.4 is 15.4 Å². The van der Waals surface area contributed by atoms with Crippen LogP contribution in [0.4, 0.5) is 24.9 Å². The second kappa shape index (κ2) is 10.2. The van der Waals surface area contributed by atoms with Crippen molar-refractivity contribution in [3.05, 3.63) is 29.8 Å². The van der Waals surface area contributed by atoms with Gasteiger partial charge < -0.3 is 20.5 Å². The highest BCUT2D eigenvalue weighted by atomic mass is 19.4. The van der Waals surface area contributed by atoms with Gasteiger partial charge in [0.15, 0.2) is 0 Å². The molecule has 178 valence electrons. The van der Waals surface area contributed by atoms with Crippen LogP contribution in [0.15, 0.2) is 18.7 Å². The molecule has 2 atom stereocenters. The van der Waals surface area contributed by atoms with Crippen molar-refractivity contribution in [2.45, 2.75) is 64.4 Å². The van der Waals surface area contributed by atoms with E-state index in [0.29, 0.717) is 24.2 Å². The first kappa shape index (κ1) is 24.4. The summed E-state index contributed by atoms with van der Waals surface area (Å²) < 4.78 is 42.3. The molecule has 0 spiro atoms. The summed E-state index contributed by atoms with van der Waals surface area (Å²) in [5, 5.41) is 25.8. The molecule has 0 saturated heterocycles. The van der Waals surface area contributed by atoms with Crippen LogP contribution in [0.1, 0.15) is 50.7 Å². The number of ether oxygens (including phenoxy) is 1. The van der Waals surface area contributed by atoms with E-state index < -0.39 is 19.2 Å². The lowest BCUT2D eigenvalue weighted by Crippen LogP contribution is -2.41. The molecule has 1 aliphatic carbocycles. The average Bonchev–Trinajstić information content (AvgIpc) is 2.75. The SMILES string of the molecule is CC1(C)CC(Nc2nc(NCc3cncnc3OCCC(F)(F)F)ncc2C#N)CC[C@@H]1O. The van der Waals surface area contributed by atoms with Crippen LogP contribution >= 0.6 is 0 Å². The molecule has 2 aromatic heterocycles. The number of nitrogens with one attached hydrogen (secondary N) is 2. The first-order chi connectivity index (χ1) is 15.6. The molecule has 3 rings (SSSR count). The zero-order valence-corrected chi connectivity index (χ0v) is 18.4. The molecule has 1 fully saturated rings. The topological polar surface area (TPSA) is 129 Å². The molecule has 2 heterocycles. The molecule has 1 aliphatic rings. The summed E-state index contributed by atoms with van der Waals surface area (Å²) in [6.45, 7) is 3.55. The highest BCUT2D eigenvalue weighted by molar-refractivity contribution is 5.54. The Bertz CT molecular complexity index is 995. The van der Waals surface area contributed by atoms with Gasteiger partial charge in [-0.05, 0) is 24.7 Å². The second-order valence-corrected chi connectivity index (χ2v) is 8.62. The third-order valence-electron chi connectivity index (χ3n) is 5.52. The van der Waals surface area contributed by atoms with Gasteiger partial charge in [0.1, 0.15) is 23.8 Å². The van der Waals surface area contributed by atoms with Crippen LogP contribution in [0.2, 0.25) is 0 Å². The van der Waals surface area contributed by atoms with E-state index in [1.165, 1.54) is 18.7 Å². The van der Waals surface area contributed by atoms with Crippen molar-refractivity contribution in [2.24, 2.45) is 5.41 Å². The maximum atomic E-state index is 12.4. The Balaban J connectivity index is 1.66. The van der Waals surface area contributed by atoms with Gasteiger partial charge in [0.25, 0.3) is 0 Å². The van der Waals surface area contributed by atoms with Crippen molar-refractivity contribution < 1.29 is 23.0 Å². The summed E-state index contributed by atoms with van der Waals surface area (Å²) in [5.41, 5.74) is 0.459. The molecule has 0 aliphatic heterocycles. The summed E-state index contributed by atoms with van der Waals surface area (Å²) in [7, 11) is 0. The Kier molecular flexibility index (Phi) is 7.53. The average molecular weight is 465 g/mol. The van der Waals surface area contributed by atoms with Crippen molar-refractivity contribution in [3.8, 4) is 11.9 Å². The number of hydrogen-bond acceptors (Lipinski definition) is 9. The number of anilines is 2. The number of halogens is 3. The summed E-state index contributed by atoms with van der Waals surface area (Å²) in [6.07, 6.45) is 0.319. The Morgan fingerprint density at radius 2 is 2.06 bits per heavy atom. The molecule has 1 unspecified atom stereocenters. The van der Waals surface area contributed by atoms with Crippen LogP contribution in [0.25, 0.3) is 0 Å². The van der Waals surface area contributed by atoms with E-state index in [-0.39, 0.29) is 41.5 Å². The van der Waals surface area contributed by atoms with E-state index in [9.17, 15) is 23.5 Å². The Labute approximate surface area is 189 Å². The molecule has 0 amide bonds. The van der Waals surface area contributed by atoms with E-state index in [2.05, 4.69) is 36.6 Å². The highest BCUT2D eigenvalue weighted by Gasteiger charge is 2.36. The van der Waals surface area contributed by atoms with Gasteiger partial charge >= 0.3 is 6.18 Å². The maximum Gasteiger partial charge on any atom is 0.392 e. The molecule has 3 N–H and O–H groups in total. The molecule has 9 nitrogen and oxygen atoms in total. The van der Waals surface area contributed by atoms with Crippen LogP contribution in [0.3, 0.4) is 0 Å². The van der Waals surface area contributed by atoms with E-state index in [4.69, 9.17) is 4.74 Å². The van der Waals surface area contributed by atoms with Crippen LogP contribution in [0, 0.1) is 16.7 Å². The summed E-state index contributed by atoms with van der Waals surface area (Å²) in [4.78, 5) is 16.3. The number of nitriles is 1. The van der Waals surface area contributed by atoms with Crippen LogP contribution in [0.5, 0.6) is 5.88 Å². The van der Waals surface area contributed by atoms with Gasteiger partial charge in [-0.1, -0.05) is 13.8 Å². The van der Waals surface area contributed by atoms with Gasteiger partial charge in [-0.2, -0.15) is 23.4 Å². The summed E-state index contributed by atoms with van der Waals surface area (Å²) in [6, 6.07) is 2.10. The fourth-order valence-electron chi connectivity index (χ4n) is 3.63. The second-order valence-electron chi connectivity index (χ2n) is 8.62. The molecule has 0 radical (unpaired) electrons. The zero-order chi connectivity index (χ0) is 24.1. The molecule has 33 heavy (non-hydrogen) atoms. The Morgan fingerprint density at radius 1 is 1.27 bits per heavy atom. The molecule has 2 aromatic rings. The van der Waals surface area contributed by atoms with Gasteiger partial charge in [-0.15, -0.1) is 0 Å². The predicted octanol–water partition coefficient (Wildman–Crippen LogP) is 3.43. The molecular formula is C21H26F3N7O2. The molecule has 0 aromatic carbocycles. The van der Waals surface area contributed by atoms with E-state index >= 15 is 0 Å². The number of aliphatic hydroxyl groups excluding tert-OH is 1. The predicted molar refractivity (Wildman–Crippen MR) is 113 cm³/mol. The third kappa shape index (κ3) is 6.89. The van der Waals surface area contributed by atoms with Gasteiger partial charge in [-0.25, -0.2) is 15.0 Å². The van der Waals surface area contributed by atoms with Crippen molar-refractivity contribution >= 4 is 11.8 Å². The molecule has 0 bridgehead atoms.